The molecule has 2 atom stereocenters. The monoisotopic (exact) mass is 332 g/mol. The van der Waals surface area contributed by atoms with Gasteiger partial charge in [0.15, 0.2) is 0 Å². The minimum absolute atomic E-state index is 0.0662. The van der Waals surface area contributed by atoms with Crippen molar-refractivity contribution in [3.8, 4) is 0 Å². The van der Waals surface area contributed by atoms with Crippen LogP contribution in [0.1, 0.15) is 19.8 Å². The first-order chi connectivity index (χ1) is 9.87. The first kappa shape index (κ1) is 16.1. The van der Waals surface area contributed by atoms with Crippen molar-refractivity contribution in [1.29, 1.82) is 0 Å². The Kier molecular flexibility index (Phi) is 4.78. The van der Waals surface area contributed by atoms with Crippen molar-refractivity contribution in [2.45, 2.75) is 30.8 Å². The molecule has 1 fully saturated rings. The van der Waals surface area contributed by atoms with Gasteiger partial charge in [0, 0.05) is 6.54 Å². The lowest BCUT2D eigenvalue weighted by Gasteiger charge is -2.35. The van der Waals surface area contributed by atoms with Crippen LogP contribution in [-0.2, 0) is 14.8 Å². The average molecular weight is 333 g/mol. The lowest BCUT2D eigenvalue weighted by Crippen LogP contribution is -2.46. The molecular weight excluding hydrogens is 319 g/mol. The second-order valence-electron chi connectivity index (χ2n) is 4.94. The van der Waals surface area contributed by atoms with Gasteiger partial charge in [0.05, 0.1) is 5.02 Å². The van der Waals surface area contributed by atoms with E-state index in [1.807, 2.05) is 0 Å². The number of piperidine rings is 1. The highest BCUT2D eigenvalue weighted by Gasteiger charge is 2.38. The van der Waals surface area contributed by atoms with Crippen molar-refractivity contribution in [3.05, 3.63) is 29.0 Å². The predicted octanol–water partition coefficient (Wildman–Crippen LogP) is 2.56. The van der Waals surface area contributed by atoms with Gasteiger partial charge in [-0.1, -0.05) is 18.5 Å². The van der Waals surface area contributed by atoms with Crippen LogP contribution in [0.5, 0.6) is 0 Å². The lowest BCUT2D eigenvalue weighted by molar-refractivity contribution is 0.194. The zero-order valence-corrected chi connectivity index (χ0v) is 12.9. The maximum absolute atomic E-state index is 13.3. The number of hydrogen-bond acceptors (Lipinski definition) is 4. The fourth-order valence-corrected chi connectivity index (χ4v) is 4.59. The largest absolute Gasteiger partial charge is 0.246 e. The molecule has 1 saturated heterocycles. The van der Waals surface area contributed by atoms with E-state index in [9.17, 15) is 17.6 Å². The standard InChI is InChI=1S/C13H14ClFN2O3S/c1-9-3-2-6-17(13(9)16-8-18)21(19,20)12-7-10(15)4-5-11(12)14/h4-5,7,9,13H,2-3,6H2,1H3. The van der Waals surface area contributed by atoms with Crippen LogP contribution in [0.2, 0.25) is 5.02 Å². The van der Waals surface area contributed by atoms with Crippen molar-refractivity contribution < 1.29 is 17.6 Å². The van der Waals surface area contributed by atoms with Gasteiger partial charge in [-0.2, -0.15) is 9.30 Å². The van der Waals surface area contributed by atoms with Crippen LogP contribution in [0.4, 0.5) is 4.39 Å². The van der Waals surface area contributed by atoms with Crippen LogP contribution in [-0.4, -0.2) is 31.5 Å². The molecule has 2 rings (SSSR count). The third kappa shape index (κ3) is 3.16. The van der Waals surface area contributed by atoms with E-state index in [0.29, 0.717) is 6.42 Å². The summed E-state index contributed by atoms with van der Waals surface area (Å²) in [7, 11) is -4.03. The van der Waals surface area contributed by atoms with Gasteiger partial charge in [-0.15, -0.1) is 0 Å². The lowest BCUT2D eigenvalue weighted by atomic mass is 9.98. The van der Waals surface area contributed by atoms with Gasteiger partial charge in [0.2, 0.25) is 16.1 Å². The molecule has 1 aliphatic heterocycles. The average Bonchev–Trinajstić information content (AvgIpc) is 2.43. The third-order valence-corrected chi connectivity index (χ3v) is 5.86. The molecule has 1 aromatic rings. The molecule has 114 valence electrons. The number of benzene rings is 1. The molecule has 0 aromatic heterocycles. The van der Waals surface area contributed by atoms with E-state index in [2.05, 4.69) is 4.99 Å². The maximum atomic E-state index is 13.3. The molecule has 0 amide bonds. The van der Waals surface area contributed by atoms with E-state index in [0.717, 1.165) is 22.9 Å². The van der Waals surface area contributed by atoms with Gasteiger partial charge in [-0.25, -0.2) is 17.6 Å². The number of hydrogen-bond donors (Lipinski definition) is 0. The molecule has 1 aliphatic rings. The number of rotatable bonds is 3. The maximum Gasteiger partial charge on any atom is 0.246 e. The summed E-state index contributed by atoms with van der Waals surface area (Å²) in [6.07, 6.45) is 1.96. The summed E-state index contributed by atoms with van der Waals surface area (Å²) in [6.45, 7) is 2.01. The molecule has 0 spiro atoms. The molecule has 5 nitrogen and oxygen atoms in total. The second kappa shape index (κ2) is 6.23. The summed E-state index contributed by atoms with van der Waals surface area (Å²) < 4.78 is 39.8. The zero-order valence-electron chi connectivity index (χ0n) is 11.3. The number of halogens is 2. The Labute approximate surface area is 127 Å². The molecule has 0 radical (unpaired) electrons. The van der Waals surface area contributed by atoms with Crippen molar-refractivity contribution in [2.75, 3.05) is 6.54 Å². The van der Waals surface area contributed by atoms with Crippen LogP contribution in [0.15, 0.2) is 28.1 Å². The number of sulfonamides is 1. The van der Waals surface area contributed by atoms with Gasteiger partial charge >= 0.3 is 0 Å². The van der Waals surface area contributed by atoms with Gasteiger partial charge in [0.1, 0.15) is 16.9 Å². The Morgan fingerprint density at radius 2 is 2.19 bits per heavy atom. The SMILES string of the molecule is CC1CCCN(S(=O)(=O)c2cc(F)ccc2Cl)C1N=C=O. The number of carbonyl (C=O) groups excluding carboxylic acids is 1. The Morgan fingerprint density at radius 3 is 2.86 bits per heavy atom. The predicted molar refractivity (Wildman–Crippen MR) is 75.6 cm³/mol. The highest BCUT2D eigenvalue weighted by molar-refractivity contribution is 7.89. The second-order valence-corrected chi connectivity index (χ2v) is 7.21. The summed E-state index contributed by atoms with van der Waals surface area (Å²) in [5.74, 6) is -0.819. The Bertz CT molecular complexity index is 689. The van der Waals surface area contributed by atoms with Crippen LogP contribution in [0.3, 0.4) is 0 Å². The highest BCUT2D eigenvalue weighted by atomic mass is 35.5. The van der Waals surface area contributed by atoms with E-state index in [-0.39, 0.29) is 22.4 Å². The highest BCUT2D eigenvalue weighted by Crippen LogP contribution is 2.32. The van der Waals surface area contributed by atoms with Crippen LogP contribution < -0.4 is 0 Å². The molecule has 21 heavy (non-hydrogen) atoms. The van der Waals surface area contributed by atoms with E-state index >= 15 is 0 Å². The third-order valence-electron chi connectivity index (χ3n) is 3.51. The summed E-state index contributed by atoms with van der Waals surface area (Å²) in [4.78, 5) is 13.8. The first-order valence-electron chi connectivity index (χ1n) is 6.42. The quantitative estimate of drug-likeness (QED) is 0.631. The van der Waals surface area contributed by atoms with Crippen molar-refractivity contribution in [2.24, 2.45) is 10.9 Å². The summed E-state index contributed by atoms with van der Waals surface area (Å²) >= 11 is 5.88. The first-order valence-corrected chi connectivity index (χ1v) is 8.23. The fourth-order valence-electron chi connectivity index (χ4n) is 2.44. The Morgan fingerprint density at radius 1 is 1.48 bits per heavy atom. The minimum atomic E-state index is -4.03. The van der Waals surface area contributed by atoms with Crippen molar-refractivity contribution in [1.82, 2.24) is 4.31 Å². The van der Waals surface area contributed by atoms with Crippen LogP contribution in [0, 0.1) is 11.7 Å². The number of aliphatic imine (C=N–C) groups is 1. The van der Waals surface area contributed by atoms with Gasteiger partial charge < -0.3 is 0 Å². The fraction of sp³-hybridized carbons (Fsp3) is 0.462. The zero-order chi connectivity index (χ0) is 15.6. The number of nitrogens with zero attached hydrogens (tertiary/aromatic N) is 2. The van der Waals surface area contributed by atoms with E-state index in [4.69, 9.17) is 11.6 Å². The van der Waals surface area contributed by atoms with Gasteiger partial charge in [-0.3, -0.25) is 0 Å². The van der Waals surface area contributed by atoms with E-state index in [1.54, 1.807) is 6.92 Å². The molecule has 1 aromatic carbocycles. The molecule has 0 bridgehead atoms. The van der Waals surface area contributed by atoms with E-state index < -0.39 is 22.0 Å². The number of isocyanates is 1. The van der Waals surface area contributed by atoms with Crippen LogP contribution >= 0.6 is 11.6 Å². The van der Waals surface area contributed by atoms with Crippen LogP contribution in [0.25, 0.3) is 0 Å². The van der Waals surface area contributed by atoms with Gasteiger partial charge in [-0.05, 0) is 37.0 Å². The topological polar surface area (TPSA) is 66.8 Å². The molecule has 1 heterocycles. The minimum Gasteiger partial charge on any atom is -0.211 e. The summed E-state index contributed by atoms with van der Waals surface area (Å²) in [6, 6.07) is 3.15. The Hall–Kier alpha value is -1.27. The molecule has 8 heteroatoms. The van der Waals surface area contributed by atoms with Crippen molar-refractivity contribution in [3.63, 3.8) is 0 Å². The molecule has 0 aliphatic carbocycles. The molecule has 2 unspecified atom stereocenters. The van der Waals surface area contributed by atoms with Gasteiger partial charge in [0.25, 0.3) is 0 Å². The summed E-state index contributed by atoms with van der Waals surface area (Å²) in [5.41, 5.74) is 0. The molecular formula is C13H14ClFN2O3S. The Balaban J connectivity index is 2.50. The normalized spacial score (nSPS) is 23.6. The smallest absolute Gasteiger partial charge is 0.211 e. The summed E-state index contributed by atoms with van der Waals surface area (Å²) in [5, 5.41) is -0.0662. The molecule has 0 saturated carbocycles. The van der Waals surface area contributed by atoms with Crippen molar-refractivity contribution >= 4 is 27.7 Å². The van der Waals surface area contributed by atoms with E-state index in [1.165, 1.54) is 12.1 Å². The molecule has 0 N–H and O–H groups in total.